The standard InChI is InChI=1S/C23H37BClNO19P4/c1-35-46(27,28)44-49(33,34)45-47(29,30)40-17-22-21(16-23(24)41-22)43-48(31,32)42-19-4-5-20(25)18(15-19)3-2-7-36-9-11-38-13-14-39-12-10-37-8-6-26/h4-5,15,21-23H,6-14,16-17,26H2,1H3,(H,27,28)(H,29,30)(H,31,32)(H,33,34). The number of phosphoric ester groups is 3. The van der Waals surface area contributed by atoms with Crippen molar-refractivity contribution < 1.29 is 88.2 Å². The molecule has 6 N–H and O–H groups in total. The van der Waals surface area contributed by atoms with Crippen LogP contribution in [0.3, 0.4) is 0 Å². The van der Waals surface area contributed by atoms with E-state index in [0.29, 0.717) is 53.3 Å². The third-order valence-electron chi connectivity index (χ3n) is 5.48. The van der Waals surface area contributed by atoms with E-state index in [4.69, 9.17) is 62.8 Å². The first-order chi connectivity index (χ1) is 23.0. The Morgan fingerprint density at radius 2 is 1.49 bits per heavy atom. The molecule has 1 aromatic rings. The van der Waals surface area contributed by atoms with E-state index in [0.717, 1.165) is 0 Å². The van der Waals surface area contributed by atoms with Crippen molar-refractivity contribution in [3.63, 3.8) is 0 Å². The molecule has 2 radical (unpaired) electrons. The molecule has 1 heterocycles. The van der Waals surface area contributed by atoms with Gasteiger partial charge in [0.25, 0.3) is 0 Å². The molecule has 1 aliphatic rings. The van der Waals surface area contributed by atoms with E-state index in [1.54, 1.807) is 0 Å². The second kappa shape index (κ2) is 21.7. The molecule has 0 aromatic heterocycles. The lowest BCUT2D eigenvalue weighted by molar-refractivity contribution is -0.00353. The van der Waals surface area contributed by atoms with Gasteiger partial charge < -0.3 is 48.6 Å². The van der Waals surface area contributed by atoms with Gasteiger partial charge in [0.15, 0.2) is 0 Å². The molecule has 2 rings (SSSR count). The minimum atomic E-state index is -5.66. The van der Waals surface area contributed by atoms with Crippen LogP contribution in [0.4, 0.5) is 0 Å². The third-order valence-corrected chi connectivity index (χ3v) is 11.0. The Morgan fingerprint density at radius 3 is 2.10 bits per heavy atom. The molecule has 1 aromatic carbocycles. The lowest BCUT2D eigenvalue weighted by atomic mass is 9.96. The van der Waals surface area contributed by atoms with E-state index in [1.807, 2.05) is 0 Å². The molecule has 0 aliphatic carbocycles. The summed E-state index contributed by atoms with van der Waals surface area (Å²) < 4.78 is 101. The zero-order valence-electron chi connectivity index (χ0n) is 26.0. The number of phosphoric acid groups is 4. The van der Waals surface area contributed by atoms with Gasteiger partial charge in [-0.1, -0.05) is 23.4 Å². The first-order valence-corrected chi connectivity index (χ1v) is 20.3. The van der Waals surface area contributed by atoms with Gasteiger partial charge >= 0.3 is 31.3 Å². The molecule has 0 spiro atoms. The van der Waals surface area contributed by atoms with E-state index in [-0.39, 0.29) is 36.0 Å². The number of hydrogen-bond acceptors (Lipinski definition) is 16. The molecule has 0 bridgehead atoms. The second-order valence-corrected chi connectivity index (χ2v) is 15.8. The summed E-state index contributed by atoms with van der Waals surface area (Å²) in [6, 6.07) is 2.81. The summed E-state index contributed by atoms with van der Waals surface area (Å²) in [6.07, 6.45) is -2.99. The van der Waals surface area contributed by atoms with Gasteiger partial charge in [-0.15, -0.1) is 0 Å². The van der Waals surface area contributed by atoms with Gasteiger partial charge in [0.1, 0.15) is 32.4 Å². The van der Waals surface area contributed by atoms with Crippen LogP contribution < -0.4 is 10.3 Å². The van der Waals surface area contributed by atoms with Crippen LogP contribution in [0.15, 0.2) is 18.2 Å². The Hall–Kier alpha value is -0.745. The third kappa shape index (κ3) is 19.1. The van der Waals surface area contributed by atoms with Gasteiger partial charge in [-0.3, -0.25) is 18.5 Å². The fraction of sp³-hybridized carbons (Fsp3) is 0.652. The molecular weight excluding hydrogens is 764 g/mol. The SMILES string of the molecule is [B]C1CC(OP(=O)(O)Oc2ccc(Cl)c(C#CCOCCOCCOCCOCCN)c2)C(COP(=O)(O)OP(=O)(O)OP(=O)(O)OC)O1. The fourth-order valence-corrected chi connectivity index (χ4v) is 7.90. The molecule has 7 atom stereocenters. The van der Waals surface area contributed by atoms with Crippen LogP contribution in [0.1, 0.15) is 12.0 Å². The van der Waals surface area contributed by atoms with Crippen molar-refractivity contribution in [3.05, 3.63) is 28.8 Å². The van der Waals surface area contributed by atoms with Crippen molar-refractivity contribution in [3.8, 4) is 17.6 Å². The molecular formula is C23H37BClNO19P4. The van der Waals surface area contributed by atoms with Gasteiger partial charge in [0, 0.05) is 25.2 Å². The molecule has 0 amide bonds. The first kappa shape index (κ1) is 44.4. The predicted molar refractivity (Wildman–Crippen MR) is 170 cm³/mol. The molecule has 26 heteroatoms. The molecule has 1 aliphatic heterocycles. The minimum absolute atomic E-state index is 0.0246. The van der Waals surface area contributed by atoms with Crippen molar-refractivity contribution >= 4 is 50.7 Å². The summed E-state index contributed by atoms with van der Waals surface area (Å²) in [7, 11) is -14.8. The van der Waals surface area contributed by atoms with Crippen LogP contribution in [-0.2, 0) is 64.1 Å². The topological polar surface area (TPSA) is 277 Å². The zero-order valence-corrected chi connectivity index (χ0v) is 30.3. The summed E-state index contributed by atoms with van der Waals surface area (Å²) in [5.74, 6) is 5.33. The van der Waals surface area contributed by atoms with Crippen LogP contribution in [0.5, 0.6) is 5.75 Å². The quantitative estimate of drug-likeness (QED) is 0.0432. The van der Waals surface area contributed by atoms with Crippen molar-refractivity contribution in [1.29, 1.82) is 0 Å². The highest BCUT2D eigenvalue weighted by Crippen LogP contribution is 2.67. The average molecular weight is 802 g/mol. The van der Waals surface area contributed by atoms with E-state index < -0.39 is 56.1 Å². The Bertz CT molecular complexity index is 1430. The number of ether oxygens (including phenoxy) is 5. The van der Waals surface area contributed by atoms with Gasteiger partial charge in [-0.2, -0.15) is 8.62 Å². The molecule has 1 saturated heterocycles. The summed E-state index contributed by atoms with van der Waals surface area (Å²) in [6.45, 7) is 2.25. The molecule has 278 valence electrons. The zero-order chi connectivity index (χ0) is 36.6. The number of halogens is 1. The second-order valence-electron chi connectivity index (χ2n) is 9.32. The summed E-state index contributed by atoms with van der Waals surface area (Å²) >= 11 is 6.17. The van der Waals surface area contributed by atoms with Gasteiger partial charge in [-0.05, 0) is 24.6 Å². The van der Waals surface area contributed by atoms with Crippen molar-refractivity contribution in [2.45, 2.75) is 24.6 Å². The Kier molecular flexibility index (Phi) is 19.7. The summed E-state index contributed by atoms with van der Waals surface area (Å²) in [5, 5.41) is 0.204. The van der Waals surface area contributed by atoms with E-state index in [9.17, 15) is 32.9 Å². The smallest absolute Gasteiger partial charge is 0.404 e. The number of hydrogen-bond donors (Lipinski definition) is 5. The van der Waals surface area contributed by atoms with E-state index >= 15 is 0 Å². The van der Waals surface area contributed by atoms with Crippen LogP contribution >= 0.6 is 42.9 Å². The van der Waals surface area contributed by atoms with Crippen molar-refractivity contribution in [2.24, 2.45) is 5.73 Å². The highest BCUT2D eigenvalue weighted by atomic mass is 35.5. The Morgan fingerprint density at radius 1 is 0.898 bits per heavy atom. The largest absolute Gasteiger partial charge is 0.527 e. The number of benzene rings is 1. The highest BCUT2D eigenvalue weighted by Gasteiger charge is 2.44. The van der Waals surface area contributed by atoms with Crippen molar-refractivity contribution in [2.75, 3.05) is 73.1 Å². The molecule has 7 unspecified atom stereocenters. The van der Waals surface area contributed by atoms with Gasteiger partial charge in [0.05, 0.1) is 57.9 Å². The fourth-order valence-electron chi connectivity index (χ4n) is 3.49. The summed E-state index contributed by atoms with van der Waals surface area (Å²) in [5.41, 5.74) is 5.55. The summed E-state index contributed by atoms with van der Waals surface area (Å²) in [4.78, 5) is 38.8. The molecule has 20 nitrogen and oxygen atoms in total. The molecule has 49 heavy (non-hydrogen) atoms. The lowest BCUT2D eigenvalue weighted by Crippen LogP contribution is -2.28. The Labute approximate surface area is 288 Å². The number of rotatable bonds is 24. The van der Waals surface area contributed by atoms with E-state index in [2.05, 4.69) is 29.5 Å². The van der Waals surface area contributed by atoms with Crippen LogP contribution in [0.25, 0.3) is 0 Å². The maximum absolute atomic E-state index is 12.8. The van der Waals surface area contributed by atoms with Crippen LogP contribution in [-0.4, -0.2) is 119 Å². The molecule has 0 saturated carbocycles. The van der Waals surface area contributed by atoms with Crippen LogP contribution in [0, 0.1) is 11.8 Å². The lowest BCUT2D eigenvalue weighted by Gasteiger charge is -2.23. The monoisotopic (exact) mass is 801 g/mol. The first-order valence-electron chi connectivity index (χ1n) is 14.0. The van der Waals surface area contributed by atoms with Gasteiger partial charge in [-0.25, -0.2) is 18.3 Å². The minimum Gasteiger partial charge on any atom is -0.404 e. The predicted octanol–water partition coefficient (Wildman–Crippen LogP) is 1.86. The maximum atomic E-state index is 12.8. The van der Waals surface area contributed by atoms with E-state index in [1.165, 1.54) is 18.2 Å². The van der Waals surface area contributed by atoms with Crippen molar-refractivity contribution in [1.82, 2.24) is 0 Å². The van der Waals surface area contributed by atoms with Gasteiger partial charge in [0.2, 0.25) is 0 Å². The Balaban J connectivity index is 1.84. The number of nitrogens with two attached hydrogens (primary N) is 1. The molecule has 1 fully saturated rings. The maximum Gasteiger partial charge on any atom is 0.527 e. The van der Waals surface area contributed by atoms with Crippen LogP contribution in [0.2, 0.25) is 5.02 Å². The normalized spacial score (nSPS) is 22.6. The highest BCUT2D eigenvalue weighted by molar-refractivity contribution is 7.66. The average Bonchev–Trinajstić information content (AvgIpc) is 3.34.